The van der Waals surface area contributed by atoms with Crippen molar-refractivity contribution in [1.82, 2.24) is 0 Å². The minimum atomic E-state index is 0. The molecule has 248 valence electrons. The zero-order valence-corrected chi connectivity index (χ0v) is 35.8. The van der Waals surface area contributed by atoms with Crippen molar-refractivity contribution < 1.29 is 23.3 Å². The molecule has 0 unspecified atom stereocenters. The first kappa shape index (κ1) is 47.7. The van der Waals surface area contributed by atoms with Gasteiger partial charge in [-0.15, -0.1) is 81.8 Å². The predicted octanol–water partition coefficient (Wildman–Crippen LogP) is 13.6. The van der Waals surface area contributed by atoms with E-state index in [9.17, 15) is 0 Å². The van der Waals surface area contributed by atoms with Gasteiger partial charge < -0.3 is 14.9 Å². The van der Waals surface area contributed by atoms with Gasteiger partial charge in [-0.05, 0) is 34.5 Å². The van der Waals surface area contributed by atoms with E-state index in [-0.39, 0.29) is 50.5 Å². The molecule has 0 fully saturated rings. The molecule has 4 heteroatoms. The molecule has 4 aromatic carbocycles. The van der Waals surface area contributed by atoms with Gasteiger partial charge in [-0.1, -0.05) is 131 Å². The SMILES string of the molecule is CC(C)c1cc(C(C)C)c2cc(C(C)(C)C)[cH-]c2c1.CC(C)c1cc(C(C)C)c2cc(C(C)(C)C)[cH-]c2c1.Cl.Cl.[CH3-].[CH3-].[Si]=[Zr]. The number of halogens is 2. The van der Waals surface area contributed by atoms with Crippen LogP contribution in [0.15, 0.2) is 48.5 Å². The second kappa shape index (κ2) is 19.2. The monoisotopic (exact) mass is 730 g/mol. The van der Waals surface area contributed by atoms with E-state index < -0.39 is 0 Å². The fourth-order valence-electron chi connectivity index (χ4n) is 5.24. The molecule has 0 aliphatic rings. The van der Waals surface area contributed by atoms with E-state index in [0.717, 1.165) is 0 Å². The molecule has 0 atom stereocenters. The van der Waals surface area contributed by atoms with E-state index in [0.29, 0.717) is 23.7 Å². The van der Waals surface area contributed by atoms with E-state index in [2.05, 4.69) is 152 Å². The molecule has 0 saturated heterocycles. The van der Waals surface area contributed by atoms with Crippen molar-refractivity contribution in [2.24, 2.45) is 0 Å². The van der Waals surface area contributed by atoms with Crippen molar-refractivity contribution in [1.29, 1.82) is 0 Å². The number of rotatable bonds is 4. The number of fused-ring (bicyclic) bond motifs is 2. The van der Waals surface area contributed by atoms with Gasteiger partial charge in [0.15, 0.2) is 0 Å². The first-order valence-electron chi connectivity index (χ1n) is 15.1. The van der Waals surface area contributed by atoms with E-state index in [1.54, 1.807) is 0 Å². The summed E-state index contributed by atoms with van der Waals surface area (Å²) in [5.74, 6) is 2.35. The maximum absolute atomic E-state index is 3.06. The van der Waals surface area contributed by atoms with Crippen LogP contribution in [0.4, 0.5) is 0 Å². The summed E-state index contributed by atoms with van der Waals surface area (Å²) in [6.07, 6.45) is 0. The average molecular weight is 733 g/mol. The van der Waals surface area contributed by atoms with Gasteiger partial charge in [-0.25, -0.2) is 0 Å². The van der Waals surface area contributed by atoms with Crippen molar-refractivity contribution in [3.8, 4) is 0 Å². The van der Waals surface area contributed by atoms with Gasteiger partial charge in [0, 0.05) is 0 Å². The van der Waals surface area contributed by atoms with Crippen molar-refractivity contribution in [3.05, 3.63) is 96.8 Å². The molecule has 0 amide bonds. The molecule has 0 N–H and O–H groups in total. The Morgan fingerprint density at radius 2 is 0.773 bits per heavy atom. The minimum absolute atomic E-state index is 0. The summed E-state index contributed by atoms with van der Waals surface area (Å²) in [4.78, 5) is 0. The van der Waals surface area contributed by atoms with Gasteiger partial charge in [-0.3, -0.25) is 0 Å². The molecular weight excluding hydrogens is 671 g/mol. The van der Waals surface area contributed by atoms with E-state index in [1.165, 1.54) is 78.3 Å². The molecule has 44 heavy (non-hydrogen) atoms. The van der Waals surface area contributed by atoms with Crippen LogP contribution in [-0.2, 0) is 34.2 Å². The Morgan fingerprint density at radius 3 is 0.977 bits per heavy atom. The van der Waals surface area contributed by atoms with E-state index in [4.69, 9.17) is 0 Å². The predicted molar refractivity (Wildman–Crippen MR) is 206 cm³/mol. The molecule has 0 aliphatic carbocycles. The van der Waals surface area contributed by atoms with Crippen LogP contribution in [-0.4, -0.2) is 6.88 Å². The van der Waals surface area contributed by atoms with Gasteiger partial charge in [0.1, 0.15) is 0 Å². The van der Waals surface area contributed by atoms with Crippen LogP contribution in [0.25, 0.3) is 21.5 Å². The van der Waals surface area contributed by atoms with Crippen molar-refractivity contribution in [2.75, 3.05) is 0 Å². The number of benzene rings is 2. The Hall–Kier alpha value is -0.660. The summed E-state index contributed by atoms with van der Waals surface area (Å²) in [7, 11) is 0. The molecule has 0 saturated carbocycles. The van der Waals surface area contributed by atoms with Crippen LogP contribution in [0.3, 0.4) is 0 Å². The zero-order valence-electron chi connectivity index (χ0n) is 30.7. The van der Waals surface area contributed by atoms with Crippen LogP contribution in [0.2, 0.25) is 0 Å². The first-order chi connectivity index (χ1) is 18.4. The summed E-state index contributed by atoms with van der Waals surface area (Å²) in [6.45, 7) is 35.1. The summed E-state index contributed by atoms with van der Waals surface area (Å²) in [5.41, 5.74) is 9.27. The summed E-state index contributed by atoms with van der Waals surface area (Å²) in [6, 6.07) is 19.1. The van der Waals surface area contributed by atoms with Crippen LogP contribution < -0.4 is 0 Å². The number of hydrogen-bond donors (Lipinski definition) is 0. The summed E-state index contributed by atoms with van der Waals surface area (Å²) in [5, 5.41) is 5.73. The number of hydrogen-bond acceptors (Lipinski definition) is 0. The van der Waals surface area contributed by atoms with Crippen molar-refractivity contribution >= 4 is 53.2 Å². The average Bonchev–Trinajstić information content (AvgIpc) is 3.48. The van der Waals surface area contributed by atoms with Crippen LogP contribution >= 0.6 is 24.8 Å². The Kier molecular flexibility index (Phi) is 20.9. The van der Waals surface area contributed by atoms with Gasteiger partial charge in [0.05, 0.1) is 0 Å². The third-order valence-electron chi connectivity index (χ3n) is 8.06. The first-order valence-corrected chi connectivity index (χ1v) is 19.3. The molecular formula is C40H62Cl2SiZr-4. The van der Waals surface area contributed by atoms with Crippen LogP contribution in [0.5, 0.6) is 0 Å². The van der Waals surface area contributed by atoms with Gasteiger partial charge in [0.25, 0.3) is 0 Å². The molecule has 0 aliphatic heterocycles. The fourth-order valence-corrected chi connectivity index (χ4v) is 5.24. The molecule has 0 heterocycles. The maximum atomic E-state index is 3.06. The second-order valence-electron chi connectivity index (χ2n) is 14.8. The van der Waals surface area contributed by atoms with Crippen LogP contribution in [0, 0.1) is 14.9 Å². The van der Waals surface area contributed by atoms with E-state index >= 15 is 0 Å². The molecule has 0 aromatic heterocycles. The fraction of sp³-hybridized carbons (Fsp3) is 0.500. The van der Waals surface area contributed by atoms with Gasteiger partial charge in [0.2, 0.25) is 0 Å². The second-order valence-corrected chi connectivity index (χ2v) is 14.8. The zero-order chi connectivity index (χ0) is 30.7. The molecule has 0 bridgehead atoms. The van der Waals surface area contributed by atoms with Crippen molar-refractivity contribution in [2.45, 2.75) is 131 Å². The topological polar surface area (TPSA) is 0 Å². The Labute approximate surface area is 302 Å². The van der Waals surface area contributed by atoms with Crippen molar-refractivity contribution in [3.63, 3.8) is 0 Å². The van der Waals surface area contributed by atoms with Gasteiger partial charge >= 0.3 is 30.2 Å². The Bertz CT molecular complexity index is 1300. The Balaban J connectivity index is -0.000000666. The van der Waals surface area contributed by atoms with Crippen LogP contribution in [0.1, 0.15) is 154 Å². The molecule has 0 spiro atoms. The molecule has 0 nitrogen and oxygen atoms in total. The molecule has 4 aromatic rings. The van der Waals surface area contributed by atoms with Gasteiger partial charge in [-0.2, -0.15) is 12.1 Å². The molecule has 2 radical (unpaired) electrons. The third-order valence-corrected chi connectivity index (χ3v) is 8.06. The Morgan fingerprint density at radius 1 is 0.500 bits per heavy atom. The summed E-state index contributed by atoms with van der Waals surface area (Å²) >= 11 is 1.36. The third kappa shape index (κ3) is 11.9. The normalized spacial score (nSPS) is 11.2. The molecule has 4 rings (SSSR count). The van der Waals surface area contributed by atoms with E-state index in [1.807, 2.05) is 0 Å². The summed E-state index contributed by atoms with van der Waals surface area (Å²) < 4.78 is 0. The quantitative estimate of drug-likeness (QED) is 0.145. The standard InChI is InChI=1S/2C19H27.2CH3.2ClH.Si.Zr/c2*1-12(2)14-8-15-9-16(19(5,6)7)11-18(15)17(10-14)13(3)4;;;;;;/h2*8-13H,1-7H3;2*1H3;2*1H;;/q4*-1;;;;.